The molecule has 0 amide bonds. The van der Waals surface area contributed by atoms with Crippen LogP contribution in [0, 0.1) is 19.3 Å². The maximum atomic E-state index is 5.99. The highest BCUT2D eigenvalue weighted by atomic mass is 15.1. The smallest absolute Gasteiger partial charge is 0.145 e. The molecule has 2 aromatic rings. The zero-order chi connectivity index (χ0) is 12.9. The highest BCUT2D eigenvalue weighted by Gasteiger charge is 2.41. The van der Waals surface area contributed by atoms with Gasteiger partial charge in [-0.3, -0.25) is 0 Å². The number of nitrogens with zero attached hydrogens (tertiary/aromatic N) is 3. The molecule has 1 aliphatic rings. The van der Waals surface area contributed by atoms with Crippen LogP contribution in [0.2, 0.25) is 0 Å². The molecular weight excluding hydrogens is 224 g/mol. The number of fused-ring (bicyclic) bond motifs is 1. The third-order valence-corrected chi connectivity index (χ3v) is 4.64. The van der Waals surface area contributed by atoms with Crippen molar-refractivity contribution in [1.29, 1.82) is 0 Å². The summed E-state index contributed by atoms with van der Waals surface area (Å²) in [6, 6.07) is 0. The summed E-state index contributed by atoms with van der Waals surface area (Å²) in [5, 5.41) is 1.03. The summed E-state index contributed by atoms with van der Waals surface area (Å²) in [4.78, 5) is 8.55. The highest BCUT2D eigenvalue weighted by molar-refractivity contribution is 5.90. The summed E-state index contributed by atoms with van der Waals surface area (Å²) in [6.07, 6.45) is 5.48. The van der Waals surface area contributed by atoms with Gasteiger partial charge in [0.1, 0.15) is 17.8 Å². The van der Waals surface area contributed by atoms with Gasteiger partial charge >= 0.3 is 0 Å². The molecule has 0 spiro atoms. The van der Waals surface area contributed by atoms with Crippen molar-refractivity contribution in [3.05, 3.63) is 17.6 Å². The Morgan fingerprint density at radius 2 is 2.06 bits per heavy atom. The second-order valence-electron chi connectivity index (χ2n) is 5.61. The van der Waals surface area contributed by atoms with Crippen LogP contribution in [-0.2, 0) is 6.54 Å². The Morgan fingerprint density at radius 3 is 2.67 bits per heavy atom. The molecule has 96 valence electrons. The summed E-state index contributed by atoms with van der Waals surface area (Å²) >= 11 is 0. The van der Waals surface area contributed by atoms with Crippen molar-refractivity contribution in [3.8, 4) is 0 Å². The number of nitrogens with two attached hydrogens (primary N) is 1. The molecule has 0 atom stereocenters. The lowest BCUT2D eigenvalue weighted by Gasteiger charge is -2.16. The molecule has 0 unspecified atom stereocenters. The average molecular weight is 244 g/mol. The molecule has 0 aliphatic heterocycles. The van der Waals surface area contributed by atoms with Crippen LogP contribution < -0.4 is 5.73 Å². The second-order valence-corrected chi connectivity index (χ2v) is 5.61. The number of aromatic nitrogens is 3. The number of hydrogen-bond acceptors (Lipinski definition) is 3. The minimum absolute atomic E-state index is 0.503. The van der Waals surface area contributed by atoms with Gasteiger partial charge in [-0.2, -0.15) is 0 Å². The van der Waals surface area contributed by atoms with Crippen molar-refractivity contribution < 1.29 is 0 Å². The Morgan fingerprint density at radius 1 is 1.33 bits per heavy atom. The minimum atomic E-state index is 0.503. The number of aryl methyl sites for hydroxylation is 1. The van der Waals surface area contributed by atoms with Crippen molar-refractivity contribution >= 4 is 16.9 Å². The number of hydrogen-bond donors (Lipinski definition) is 1. The molecule has 18 heavy (non-hydrogen) atoms. The van der Waals surface area contributed by atoms with E-state index in [2.05, 4.69) is 35.3 Å². The zero-order valence-corrected chi connectivity index (χ0v) is 11.3. The molecule has 2 heterocycles. The second kappa shape index (κ2) is 3.70. The van der Waals surface area contributed by atoms with Crippen LogP contribution in [0.4, 0.5) is 5.82 Å². The Balaban J connectivity index is 2.17. The first-order valence-electron chi connectivity index (χ1n) is 6.64. The molecule has 4 heteroatoms. The third-order valence-electron chi connectivity index (χ3n) is 4.64. The third kappa shape index (κ3) is 1.51. The van der Waals surface area contributed by atoms with Crippen molar-refractivity contribution in [3.63, 3.8) is 0 Å². The van der Waals surface area contributed by atoms with E-state index in [1.54, 1.807) is 6.33 Å². The summed E-state index contributed by atoms with van der Waals surface area (Å²) in [5.74, 6) is 0.598. The Bertz CT molecular complexity index is 608. The molecule has 0 saturated heterocycles. The SMILES string of the molecule is CCC1(Cn2c(C)c(C)c3c(N)ncnc32)CC1. The largest absolute Gasteiger partial charge is 0.383 e. The molecular formula is C14H20N4. The van der Waals surface area contributed by atoms with Crippen molar-refractivity contribution in [2.24, 2.45) is 5.41 Å². The summed E-state index contributed by atoms with van der Waals surface area (Å²) in [7, 11) is 0. The van der Waals surface area contributed by atoms with Gasteiger partial charge < -0.3 is 10.3 Å². The van der Waals surface area contributed by atoms with Crippen LogP contribution in [0.3, 0.4) is 0 Å². The van der Waals surface area contributed by atoms with E-state index in [0.29, 0.717) is 11.2 Å². The fraction of sp³-hybridized carbons (Fsp3) is 0.571. The molecule has 3 rings (SSSR count). The molecule has 0 bridgehead atoms. The van der Waals surface area contributed by atoms with Crippen LogP contribution in [0.5, 0.6) is 0 Å². The van der Waals surface area contributed by atoms with Gasteiger partial charge in [0.2, 0.25) is 0 Å². The van der Waals surface area contributed by atoms with Crippen LogP contribution in [0.15, 0.2) is 6.33 Å². The van der Waals surface area contributed by atoms with E-state index in [1.807, 2.05) is 0 Å². The van der Waals surface area contributed by atoms with Crippen LogP contribution in [0.25, 0.3) is 11.0 Å². The predicted octanol–water partition coefficient (Wildman–Crippen LogP) is 2.82. The number of nitrogen functional groups attached to an aromatic ring is 1. The number of anilines is 1. The first kappa shape index (κ1) is 11.5. The molecule has 0 radical (unpaired) electrons. The molecule has 1 saturated carbocycles. The molecule has 4 nitrogen and oxygen atoms in total. The Hall–Kier alpha value is -1.58. The van der Waals surface area contributed by atoms with E-state index < -0.39 is 0 Å². The molecule has 2 N–H and O–H groups in total. The lowest BCUT2D eigenvalue weighted by atomic mass is 10.0. The lowest BCUT2D eigenvalue weighted by molar-refractivity contribution is 0.410. The van der Waals surface area contributed by atoms with Gasteiger partial charge in [-0.1, -0.05) is 6.92 Å². The van der Waals surface area contributed by atoms with Gasteiger partial charge in [-0.25, -0.2) is 9.97 Å². The van der Waals surface area contributed by atoms with Crippen molar-refractivity contribution in [2.45, 2.75) is 46.6 Å². The average Bonchev–Trinajstić information content (AvgIpc) is 3.10. The van der Waals surface area contributed by atoms with E-state index in [4.69, 9.17) is 5.73 Å². The van der Waals surface area contributed by atoms with Crippen LogP contribution >= 0.6 is 0 Å². The standard InChI is InChI=1S/C14H20N4/c1-4-14(5-6-14)7-18-10(3)9(2)11-12(15)16-8-17-13(11)18/h8H,4-7H2,1-3H3,(H2,15,16,17). The summed E-state index contributed by atoms with van der Waals surface area (Å²) in [5.41, 5.74) is 9.98. The normalized spacial score (nSPS) is 17.3. The molecule has 2 aromatic heterocycles. The van der Waals surface area contributed by atoms with Gasteiger partial charge in [0.15, 0.2) is 0 Å². The maximum absolute atomic E-state index is 5.99. The van der Waals surface area contributed by atoms with Gasteiger partial charge in [0.05, 0.1) is 5.39 Å². The van der Waals surface area contributed by atoms with Gasteiger partial charge in [0, 0.05) is 12.2 Å². The van der Waals surface area contributed by atoms with Gasteiger partial charge in [0.25, 0.3) is 0 Å². The first-order valence-corrected chi connectivity index (χ1v) is 6.64. The lowest BCUT2D eigenvalue weighted by Crippen LogP contribution is -2.12. The quantitative estimate of drug-likeness (QED) is 0.903. The van der Waals surface area contributed by atoms with E-state index in [9.17, 15) is 0 Å². The molecule has 1 fully saturated rings. The van der Waals surface area contributed by atoms with E-state index in [0.717, 1.165) is 17.6 Å². The number of rotatable bonds is 3. The predicted molar refractivity (Wildman–Crippen MR) is 73.4 cm³/mol. The monoisotopic (exact) mass is 244 g/mol. The Kier molecular flexibility index (Phi) is 2.37. The van der Waals surface area contributed by atoms with Gasteiger partial charge in [-0.05, 0) is 44.1 Å². The minimum Gasteiger partial charge on any atom is -0.383 e. The van der Waals surface area contributed by atoms with Gasteiger partial charge in [-0.15, -0.1) is 0 Å². The Labute approximate surface area is 107 Å². The van der Waals surface area contributed by atoms with Crippen molar-refractivity contribution in [2.75, 3.05) is 5.73 Å². The van der Waals surface area contributed by atoms with E-state index in [-0.39, 0.29) is 0 Å². The highest BCUT2D eigenvalue weighted by Crippen LogP contribution is 2.50. The van der Waals surface area contributed by atoms with E-state index in [1.165, 1.54) is 30.5 Å². The first-order chi connectivity index (χ1) is 8.58. The van der Waals surface area contributed by atoms with Crippen LogP contribution in [0.1, 0.15) is 37.4 Å². The summed E-state index contributed by atoms with van der Waals surface area (Å²) in [6.45, 7) is 7.61. The van der Waals surface area contributed by atoms with E-state index >= 15 is 0 Å². The molecule has 0 aromatic carbocycles. The topological polar surface area (TPSA) is 56.7 Å². The fourth-order valence-electron chi connectivity index (χ4n) is 2.83. The molecule has 1 aliphatic carbocycles. The fourth-order valence-corrected chi connectivity index (χ4v) is 2.83. The summed E-state index contributed by atoms with van der Waals surface area (Å²) < 4.78 is 2.33. The maximum Gasteiger partial charge on any atom is 0.145 e. The van der Waals surface area contributed by atoms with Crippen LogP contribution in [-0.4, -0.2) is 14.5 Å². The zero-order valence-electron chi connectivity index (χ0n) is 11.3. The van der Waals surface area contributed by atoms with Crippen molar-refractivity contribution in [1.82, 2.24) is 14.5 Å².